The highest BCUT2D eigenvalue weighted by Crippen LogP contribution is 2.38. The molecule has 132 valence electrons. The van der Waals surface area contributed by atoms with Crippen LogP contribution in [0.1, 0.15) is 28.9 Å². The molecule has 1 N–H and O–H groups in total. The van der Waals surface area contributed by atoms with Crippen molar-refractivity contribution < 1.29 is 4.79 Å². The second-order valence-corrected chi connectivity index (χ2v) is 7.79. The van der Waals surface area contributed by atoms with E-state index in [0.717, 1.165) is 11.3 Å². The number of benzene rings is 3. The van der Waals surface area contributed by atoms with Gasteiger partial charge in [0.25, 0.3) is 0 Å². The van der Waals surface area contributed by atoms with E-state index in [-0.39, 0.29) is 16.4 Å². The van der Waals surface area contributed by atoms with E-state index in [1.807, 2.05) is 74.5 Å². The van der Waals surface area contributed by atoms with Crippen LogP contribution in [0, 0.1) is 6.92 Å². The van der Waals surface area contributed by atoms with Crippen LogP contribution >= 0.6 is 11.8 Å². The molecular weight excluding hydrogens is 338 g/mol. The summed E-state index contributed by atoms with van der Waals surface area (Å²) in [7, 11) is 0. The van der Waals surface area contributed by atoms with E-state index in [0.29, 0.717) is 0 Å². The van der Waals surface area contributed by atoms with E-state index in [1.165, 1.54) is 11.1 Å². The quantitative estimate of drug-likeness (QED) is 0.597. The van der Waals surface area contributed by atoms with Crippen molar-refractivity contribution in [1.82, 2.24) is 0 Å². The monoisotopic (exact) mass is 361 g/mol. The minimum atomic E-state index is -0.180. The summed E-state index contributed by atoms with van der Waals surface area (Å²) in [5.74, 6) is 0.0254. The first-order chi connectivity index (χ1) is 12.6. The van der Waals surface area contributed by atoms with Gasteiger partial charge in [-0.2, -0.15) is 0 Å². The zero-order chi connectivity index (χ0) is 18.4. The van der Waals surface area contributed by atoms with Gasteiger partial charge in [-0.15, -0.1) is 11.8 Å². The molecule has 0 unspecified atom stereocenters. The lowest BCUT2D eigenvalue weighted by Gasteiger charge is -2.21. The molecule has 3 heteroatoms. The summed E-state index contributed by atoms with van der Waals surface area (Å²) in [5, 5.41) is 2.97. The van der Waals surface area contributed by atoms with E-state index >= 15 is 0 Å². The van der Waals surface area contributed by atoms with Crippen LogP contribution in [0.3, 0.4) is 0 Å². The number of carbonyl (C=O) groups excluding carboxylic acids is 1. The third-order valence-corrected chi connectivity index (χ3v) is 5.64. The Hall–Kier alpha value is -2.52. The molecule has 0 fully saturated rings. The Morgan fingerprint density at radius 3 is 1.96 bits per heavy atom. The number of hydrogen-bond donors (Lipinski definition) is 1. The molecule has 2 nitrogen and oxygen atoms in total. The van der Waals surface area contributed by atoms with Gasteiger partial charge < -0.3 is 5.32 Å². The highest BCUT2D eigenvalue weighted by atomic mass is 32.2. The average Bonchev–Trinajstić information content (AvgIpc) is 2.67. The molecule has 0 aliphatic heterocycles. The van der Waals surface area contributed by atoms with Crippen molar-refractivity contribution in [3.63, 3.8) is 0 Å². The molecule has 26 heavy (non-hydrogen) atoms. The van der Waals surface area contributed by atoms with Gasteiger partial charge in [0.05, 0.1) is 10.5 Å². The molecule has 0 aromatic heterocycles. The lowest BCUT2D eigenvalue weighted by molar-refractivity contribution is -0.115. The fourth-order valence-corrected chi connectivity index (χ4v) is 4.06. The van der Waals surface area contributed by atoms with Crippen LogP contribution in [0.4, 0.5) is 5.69 Å². The van der Waals surface area contributed by atoms with Crippen LogP contribution in [0.2, 0.25) is 0 Å². The molecule has 1 atom stereocenters. The summed E-state index contributed by atoms with van der Waals surface area (Å²) in [6, 6.07) is 28.6. The number of rotatable bonds is 6. The van der Waals surface area contributed by atoms with Gasteiger partial charge in [-0.25, -0.2) is 0 Å². The van der Waals surface area contributed by atoms with Crippen molar-refractivity contribution in [3.05, 3.63) is 102 Å². The minimum Gasteiger partial charge on any atom is -0.325 e. The molecule has 3 aromatic rings. The topological polar surface area (TPSA) is 29.1 Å². The molecule has 0 bridgehead atoms. The lowest BCUT2D eigenvalue weighted by Crippen LogP contribution is -2.23. The Bertz CT molecular complexity index is 809. The number of nitrogens with one attached hydrogen (secondary N) is 1. The summed E-state index contributed by atoms with van der Waals surface area (Å²) < 4.78 is 0. The predicted octanol–water partition coefficient (Wildman–Crippen LogP) is 5.84. The van der Waals surface area contributed by atoms with E-state index in [4.69, 9.17) is 0 Å². The molecule has 0 spiro atoms. The van der Waals surface area contributed by atoms with Crippen molar-refractivity contribution in [1.29, 1.82) is 0 Å². The van der Waals surface area contributed by atoms with Crippen molar-refractivity contribution in [2.75, 3.05) is 5.32 Å². The predicted molar refractivity (Wildman–Crippen MR) is 112 cm³/mol. The molecule has 3 rings (SSSR count). The zero-order valence-corrected chi connectivity index (χ0v) is 15.9. The van der Waals surface area contributed by atoms with Crippen LogP contribution < -0.4 is 5.32 Å². The fourth-order valence-electron chi connectivity index (χ4n) is 2.84. The van der Waals surface area contributed by atoms with E-state index in [1.54, 1.807) is 11.8 Å². The average molecular weight is 362 g/mol. The Balaban J connectivity index is 1.77. The van der Waals surface area contributed by atoms with Crippen molar-refractivity contribution in [3.8, 4) is 0 Å². The Labute approximate surface area is 159 Å². The van der Waals surface area contributed by atoms with Gasteiger partial charge in [-0.1, -0.05) is 72.8 Å². The highest BCUT2D eigenvalue weighted by molar-refractivity contribution is 8.01. The van der Waals surface area contributed by atoms with Crippen molar-refractivity contribution >= 4 is 23.4 Å². The van der Waals surface area contributed by atoms with Gasteiger partial charge in [0.15, 0.2) is 0 Å². The Morgan fingerprint density at radius 1 is 0.846 bits per heavy atom. The van der Waals surface area contributed by atoms with Crippen LogP contribution in [0.25, 0.3) is 0 Å². The molecular formula is C23H23NOS. The van der Waals surface area contributed by atoms with Crippen molar-refractivity contribution in [2.45, 2.75) is 24.3 Å². The summed E-state index contributed by atoms with van der Waals surface area (Å²) in [6.45, 7) is 3.99. The van der Waals surface area contributed by atoms with Crippen LogP contribution in [-0.4, -0.2) is 11.2 Å². The summed E-state index contributed by atoms with van der Waals surface area (Å²) in [5.41, 5.74) is 4.39. The fraction of sp³-hybridized carbons (Fsp3) is 0.174. The summed E-state index contributed by atoms with van der Waals surface area (Å²) in [4.78, 5) is 12.7. The Morgan fingerprint density at radius 2 is 1.42 bits per heavy atom. The maximum atomic E-state index is 12.7. The minimum absolute atomic E-state index is 0.0254. The van der Waals surface area contributed by atoms with Crippen LogP contribution in [-0.2, 0) is 4.79 Å². The normalized spacial score (nSPS) is 12.0. The number of amides is 1. The smallest absolute Gasteiger partial charge is 0.237 e. The first-order valence-electron chi connectivity index (χ1n) is 8.76. The number of aryl methyl sites for hydroxylation is 1. The maximum Gasteiger partial charge on any atom is 0.237 e. The van der Waals surface area contributed by atoms with Gasteiger partial charge in [0, 0.05) is 5.69 Å². The third kappa shape index (κ3) is 4.77. The van der Waals surface area contributed by atoms with Crippen molar-refractivity contribution in [2.24, 2.45) is 0 Å². The second kappa shape index (κ2) is 8.72. The van der Waals surface area contributed by atoms with E-state index in [2.05, 4.69) is 29.6 Å². The van der Waals surface area contributed by atoms with Crippen LogP contribution in [0.5, 0.6) is 0 Å². The molecule has 0 heterocycles. The van der Waals surface area contributed by atoms with E-state index in [9.17, 15) is 4.79 Å². The molecule has 0 aliphatic carbocycles. The first kappa shape index (κ1) is 18.3. The van der Waals surface area contributed by atoms with Gasteiger partial charge in [0.2, 0.25) is 5.91 Å². The number of carbonyl (C=O) groups is 1. The molecule has 0 radical (unpaired) electrons. The van der Waals surface area contributed by atoms with Gasteiger partial charge in [-0.3, -0.25) is 4.79 Å². The molecule has 1 amide bonds. The first-order valence-corrected chi connectivity index (χ1v) is 9.70. The van der Waals surface area contributed by atoms with E-state index < -0.39 is 0 Å². The largest absolute Gasteiger partial charge is 0.325 e. The molecule has 0 saturated heterocycles. The van der Waals surface area contributed by atoms with Gasteiger partial charge in [0.1, 0.15) is 0 Å². The van der Waals surface area contributed by atoms with Gasteiger partial charge in [-0.05, 0) is 42.7 Å². The standard InChI is InChI=1S/C23H23NOS/c1-17-10-9-15-21(16-17)24-23(25)18(2)26-22(19-11-5-3-6-12-19)20-13-7-4-8-14-20/h3-16,18,22H,1-2H3,(H,24,25)/t18-/m1/s1. The number of thioether (sulfide) groups is 1. The Kier molecular flexibility index (Phi) is 6.13. The molecule has 3 aromatic carbocycles. The molecule has 0 aliphatic rings. The number of anilines is 1. The molecule has 0 saturated carbocycles. The highest BCUT2D eigenvalue weighted by Gasteiger charge is 2.22. The lowest BCUT2D eigenvalue weighted by atomic mass is 10.0. The summed E-state index contributed by atoms with van der Waals surface area (Å²) >= 11 is 1.67. The SMILES string of the molecule is Cc1cccc(NC(=O)[C@@H](C)SC(c2ccccc2)c2ccccc2)c1. The van der Waals surface area contributed by atoms with Gasteiger partial charge >= 0.3 is 0 Å². The number of hydrogen-bond acceptors (Lipinski definition) is 2. The second-order valence-electron chi connectivity index (χ2n) is 6.34. The van der Waals surface area contributed by atoms with Crippen LogP contribution in [0.15, 0.2) is 84.9 Å². The third-order valence-electron chi connectivity index (χ3n) is 4.20. The zero-order valence-electron chi connectivity index (χ0n) is 15.1. The maximum absolute atomic E-state index is 12.7. The summed E-state index contributed by atoms with van der Waals surface area (Å²) in [6.07, 6.45) is 0.